The monoisotopic (exact) mass is 285 g/mol. The minimum atomic E-state index is 0.433. The van der Waals surface area contributed by atoms with Crippen molar-refractivity contribution in [2.24, 2.45) is 0 Å². The maximum atomic E-state index is 4.78. The molecule has 0 spiro atoms. The first-order chi connectivity index (χ1) is 10.1. The average Bonchev–Trinajstić information content (AvgIpc) is 3.01. The molecule has 0 unspecified atom stereocenters. The summed E-state index contributed by atoms with van der Waals surface area (Å²) in [6.45, 7) is 8.80. The van der Waals surface area contributed by atoms with Crippen molar-refractivity contribution < 1.29 is 0 Å². The van der Waals surface area contributed by atoms with Gasteiger partial charge in [-0.2, -0.15) is 5.10 Å². The SMILES string of the molecule is Cc1cc(-c2ccn[nH]2)nc([C@@H]2CCCN(C(C)C)C2)n1. The molecule has 1 saturated heterocycles. The maximum absolute atomic E-state index is 4.78. The van der Waals surface area contributed by atoms with E-state index in [1.54, 1.807) is 6.20 Å². The predicted octanol–water partition coefficient (Wildman–Crippen LogP) is 2.76. The van der Waals surface area contributed by atoms with E-state index in [4.69, 9.17) is 4.98 Å². The van der Waals surface area contributed by atoms with Gasteiger partial charge in [0.25, 0.3) is 0 Å². The molecule has 1 fully saturated rings. The molecular weight excluding hydrogens is 262 g/mol. The van der Waals surface area contributed by atoms with Crippen LogP contribution in [0.2, 0.25) is 0 Å². The summed E-state index contributed by atoms with van der Waals surface area (Å²) in [4.78, 5) is 12.0. The Labute approximate surface area is 125 Å². The van der Waals surface area contributed by atoms with Gasteiger partial charge in [0.15, 0.2) is 0 Å². The molecule has 21 heavy (non-hydrogen) atoms. The molecule has 0 amide bonds. The Morgan fingerprint density at radius 1 is 1.33 bits per heavy atom. The zero-order valence-electron chi connectivity index (χ0n) is 13.0. The number of piperidine rings is 1. The number of likely N-dealkylation sites (tertiary alicyclic amines) is 1. The molecule has 5 heteroatoms. The topological polar surface area (TPSA) is 57.7 Å². The van der Waals surface area contributed by atoms with Crippen LogP contribution in [0.5, 0.6) is 0 Å². The summed E-state index contributed by atoms with van der Waals surface area (Å²) in [5, 5.41) is 7.00. The van der Waals surface area contributed by atoms with Gasteiger partial charge in [-0.15, -0.1) is 0 Å². The molecule has 3 rings (SSSR count). The van der Waals surface area contributed by atoms with Crippen molar-refractivity contribution in [2.45, 2.75) is 45.6 Å². The summed E-state index contributed by atoms with van der Waals surface area (Å²) < 4.78 is 0. The van der Waals surface area contributed by atoms with Crippen molar-refractivity contribution in [1.82, 2.24) is 25.1 Å². The van der Waals surface area contributed by atoms with Crippen molar-refractivity contribution in [2.75, 3.05) is 13.1 Å². The van der Waals surface area contributed by atoms with Crippen LogP contribution in [-0.2, 0) is 0 Å². The molecule has 2 aromatic heterocycles. The summed E-state index contributed by atoms with van der Waals surface area (Å²) in [5.41, 5.74) is 2.92. The molecule has 1 N–H and O–H groups in total. The summed E-state index contributed by atoms with van der Waals surface area (Å²) in [6, 6.07) is 4.55. The molecule has 0 aromatic carbocycles. The Morgan fingerprint density at radius 3 is 2.90 bits per heavy atom. The van der Waals surface area contributed by atoms with Crippen LogP contribution in [0.15, 0.2) is 18.3 Å². The summed E-state index contributed by atoms with van der Waals surface area (Å²) in [7, 11) is 0. The van der Waals surface area contributed by atoms with Crippen LogP contribution < -0.4 is 0 Å². The van der Waals surface area contributed by atoms with Crippen LogP contribution in [0, 0.1) is 6.92 Å². The maximum Gasteiger partial charge on any atom is 0.133 e. The fourth-order valence-electron chi connectivity index (χ4n) is 3.00. The lowest BCUT2D eigenvalue weighted by Crippen LogP contribution is -2.39. The number of hydrogen-bond acceptors (Lipinski definition) is 4. The van der Waals surface area contributed by atoms with Gasteiger partial charge in [-0.3, -0.25) is 5.10 Å². The summed E-state index contributed by atoms with van der Waals surface area (Å²) in [5.74, 6) is 1.41. The van der Waals surface area contributed by atoms with Crippen LogP contribution >= 0.6 is 0 Å². The van der Waals surface area contributed by atoms with E-state index in [-0.39, 0.29) is 0 Å². The Morgan fingerprint density at radius 2 is 2.19 bits per heavy atom. The number of rotatable bonds is 3. The van der Waals surface area contributed by atoms with Gasteiger partial charge >= 0.3 is 0 Å². The lowest BCUT2D eigenvalue weighted by atomic mass is 9.96. The van der Waals surface area contributed by atoms with E-state index in [1.807, 2.05) is 19.1 Å². The fourth-order valence-corrected chi connectivity index (χ4v) is 3.00. The number of aromatic amines is 1. The molecule has 2 aromatic rings. The molecule has 0 saturated carbocycles. The van der Waals surface area contributed by atoms with E-state index >= 15 is 0 Å². The molecule has 3 heterocycles. The van der Waals surface area contributed by atoms with Crippen molar-refractivity contribution in [3.05, 3.63) is 29.8 Å². The minimum Gasteiger partial charge on any atom is -0.300 e. The quantitative estimate of drug-likeness (QED) is 0.942. The van der Waals surface area contributed by atoms with E-state index in [1.165, 1.54) is 19.4 Å². The molecule has 0 radical (unpaired) electrons. The highest BCUT2D eigenvalue weighted by Gasteiger charge is 2.25. The molecular formula is C16H23N5. The first-order valence-corrected chi connectivity index (χ1v) is 7.73. The summed E-state index contributed by atoms with van der Waals surface area (Å²) in [6.07, 6.45) is 4.15. The first kappa shape index (κ1) is 14.2. The predicted molar refractivity (Wildman–Crippen MR) is 83.0 cm³/mol. The van der Waals surface area contributed by atoms with Crippen molar-refractivity contribution in [3.8, 4) is 11.4 Å². The third kappa shape index (κ3) is 3.13. The lowest BCUT2D eigenvalue weighted by Gasteiger charge is -2.34. The van der Waals surface area contributed by atoms with E-state index in [2.05, 4.69) is 33.9 Å². The Hall–Kier alpha value is -1.75. The molecule has 112 valence electrons. The van der Waals surface area contributed by atoms with Gasteiger partial charge in [-0.1, -0.05) is 0 Å². The van der Waals surface area contributed by atoms with Gasteiger partial charge in [-0.05, 0) is 52.3 Å². The van der Waals surface area contributed by atoms with Crippen LogP contribution in [-0.4, -0.2) is 44.2 Å². The smallest absolute Gasteiger partial charge is 0.133 e. The van der Waals surface area contributed by atoms with Crippen molar-refractivity contribution in [1.29, 1.82) is 0 Å². The number of aryl methyl sites for hydroxylation is 1. The zero-order valence-corrected chi connectivity index (χ0v) is 13.0. The second kappa shape index (κ2) is 5.93. The molecule has 1 aliphatic heterocycles. The van der Waals surface area contributed by atoms with Gasteiger partial charge in [0.2, 0.25) is 0 Å². The van der Waals surface area contributed by atoms with E-state index in [9.17, 15) is 0 Å². The van der Waals surface area contributed by atoms with Crippen LogP contribution in [0.1, 0.15) is 44.1 Å². The zero-order chi connectivity index (χ0) is 14.8. The van der Waals surface area contributed by atoms with Crippen LogP contribution in [0.3, 0.4) is 0 Å². The number of nitrogens with zero attached hydrogens (tertiary/aromatic N) is 4. The van der Waals surface area contributed by atoms with Crippen LogP contribution in [0.25, 0.3) is 11.4 Å². The van der Waals surface area contributed by atoms with Gasteiger partial charge in [0.05, 0.1) is 11.4 Å². The number of H-pyrrole nitrogens is 1. The van der Waals surface area contributed by atoms with Gasteiger partial charge in [0, 0.05) is 30.4 Å². The van der Waals surface area contributed by atoms with E-state index < -0.39 is 0 Å². The number of aromatic nitrogens is 4. The van der Waals surface area contributed by atoms with E-state index in [0.29, 0.717) is 12.0 Å². The third-order valence-corrected chi connectivity index (χ3v) is 4.20. The standard InChI is InChI=1S/C16H23N5/c1-11(2)21-8-4-5-13(10-21)16-18-12(3)9-15(19-16)14-6-7-17-20-14/h6-7,9,11,13H,4-5,8,10H2,1-3H3,(H,17,20)/t13-/m1/s1. The minimum absolute atomic E-state index is 0.433. The molecule has 0 bridgehead atoms. The van der Waals surface area contributed by atoms with Crippen LogP contribution in [0.4, 0.5) is 0 Å². The normalized spacial score (nSPS) is 20.1. The highest BCUT2D eigenvalue weighted by Crippen LogP contribution is 2.27. The molecule has 0 aliphatic carbocycles. The number of nitrogens with one attached hydrogen (secondary N) is 1. The van der Waals surface area contributed by atoms with Gasteiger partial charge in [-0.25, -0.2) is 9.97 Å². The van der Waals surface area contributed by atoms with Crippen molar-refractivity contribution >= 4 is 0 Å². The lowest BCUT2D eigenvalue weighted by molar-refractivity contribution is 0.165. The Balaban J connectivity index is 1.88. The molecule has 5 nitrogen and oxygen atoms in total. The van der Waals surface area contributed by atoms with Gasteiger partial charge < -0.3 is 4.90 Å². The largest absolute Gasteiger partial charge is 0.300 e. The molecule has 1 atom stereocenters. The highest BCUT2D eigenvalue weighted by molar-refractivity contribution is 5.53. The van der Waals surface area contributed by atoms with Crippen molar-refractivity contribution in [3.63, 3.8) is 0 Å². The van der Waals surface area contributed by atoms with Gasteiger partial charge in [0.1, 0.15) is 5.82 Å². The second-order valence-electron chi connectivity index (χ2n) is 6.15. The third-order valence-electron chi connectivity index (χ3n) is 4.20. The summed E-state index contributed by atoms with van der Waals surface area (Å²) >= 11 is 0. The second-order valence-corrected chi connectivity index (χ2v) is 6.15. The first-order valence-electron chi connectivity index (χ1n) is 7.73. The number of hydrogen-bond donors (Lipinski definition) is 1. The van der Waals surface area contributed by atoms with E-state index in [0.717, 1.165) is 29.5 Å². The fraction of sp³-hybridized carbons (Fsp3) is 0.562. The Bertz CT molecular complexity index is 591. The molecule has 1 aliphatic rings. The highest BCUT2D eigenvalue weighted by atomic mass is 15.2. The average molecular weight is 285 g/mol. The Kier molecular flexibility index (Phi) is 4.01.